The fraction of sp³-hybridized carbons (Fsp3) is 0.571. The minimum atomic E-state index is -0.767. The van der Waals surface area contributed by atoms with Crippen LogP contribution in [0, 0.1) is 17.6 Å². The van der Waals surface area contributed by atoms with Crippen LogP contribution in [0.1, 0.15) is 52.1 Å². The van der Waals surface area contributed by atoms with Crippen LogP contribution < -0.4 is 5.32 Å². The van der Waals surface area contributed by atoms with Crippen molar-refractivity contribution in [3.63, 3.8) is 0 Å². The summed E-state index contributed by atoms with van der Waals surface area (Å²) in [7, 11) is 0. The smallest absolute Gasteiger partial charge is 0.410 e. The van der Waals surface area contributed by atoms with Crippen LogP contribution in [0.5, 0.6) is 0 Å². The number of piperidine rings is 1. The van der Waals surface area contributed by atoms with Crippen molar-refractivity contribution in [1.82, 2.24) is 10.2 Å². The average molecular weight is 426 g/mol. The van der Waals surface area contributed by atoms with Crippen LogP contribution >= 0.6 is 0 Å². The lowest BCUT2D eigenvalue weighted by Gasteiger charge is -2.32. The highest BCUT2D eigenvalue weighted by Gasteiger charge is 2.31. The summed E-state index contributed by atoms with van der Waals surface area (Å²) in [5.41, 5.74) is -0.459. The van der Waals surface area contributed by atoms with E-state index in [1.807, 2.05) is 0 Å². The van der Waals surface area contributed by atoms with Gasteiger partial charge in [0.05, 0.1) is 12.0 Å². The maximum absolute atomic E-state index is 13.8. The van der Waals surface area contributed by atoms with Crippen molar-refractivity contribution in [2.24, 2.45) is 5.92 Å². The van der Waals surface area contributed by atoms with Gasteiger partial charge in [-0.25, -0.2) is 13.6 Å². The van der Waals surface area contributed by atoms with Crippen molar-refractivity contribution < 1.29 is 32.6 Å². The van der Waals surface area contributed by atoms with Crippen LogP contribution in [-0.4, -0.2) is 48.2 Å². The highest BCUT2D eigenvalue weighted by molar-refractivity contribution is 5.81. The van der Waals surface area contributed by atoms with Gasteiger partial charge in [0.25, 0.3) is 5.91 Å². The van der Waals surface area contributed by atoms with Gasteiger partial charge in [-0.1, -0.05) is 6.07 Å². The minimum absolute atomic E-state index is 0.130. The van der Waals surface area contributed by atoms with E-state index in [9.17, 15) is 23.2 Å². The first-order valence-electron chi connectivity index (χ1n) is 9.85. The molecule has 9 heteroatoms. The maximum Gasteiger partial charge on any atom is 0.410 e. The Hall–Kier alpha value is -2.71. The molecule has 1 aromatic rings. The van der Waals surface area contributed by atoms with Crippen molar-refractivity contribution in [3.05, 3.63) is 35.4 Å². The summed E-state index contributed by atoms with van der Waals surface area (Å²) >= 11 is 0. The Morgan fingerprint density at radius 3 is 2.40 bits per heavy atom. The molecule has 1 atom stereocenters. The second kappa shape index (κ2) is 9.86. The third-order valence-electron chi connectivity index (χ3n) is 4.63. The number of carbonyl (C=O) groups is 3. The molecule has 1 aliphatic rings. The summed E-state index contributed by atoms with van der Waals surface area (Å²) in [6.45, 7) is 7.12. The summed E-state index contributed by atoms with van der Waals surface area (Å²) < 4.78 is 37.1. The number of hydrogen-bond donors (Lipinski definition) is 1. The van der Waals surface area contributed by atoms with Gasteiger partial charge in [0.2, 0.25) is 0 Å². The van der Waals surface area contributed by atoms with Gasteiger partial charge in [-0.3, -0.25) is 9.59 Å². The molecule has 1 aliphatic heterocycles. The minimum Gasteiger partial charge on any atom is -0.455 e. The topological polar surface area (TPSA) is 84.9 Å². The van der Waals surface area contributed by atoms with Crippen LogP contribution in [0.15, 0.2) is 18.2 Å². The third-order valence-corrected chi connectivity index (χ3v) is 4.63. The molecule has 0 aromatic heterocycles. The lowest BCUT2D eigenvalue weighted by Crippen LogP contribution is -2.43. The fourth-order valence-corrected chi connectivity index (χ4v) is 3.09. The summed E-state index contributed by atoms with van der Waals surface area (Å²) in [6.07, 6.45) is 0.407. The summed E-state index contributed by atoms with van der Waals surface area (Å²) in [5.74, 6) is -3.00. The highest BCUT2D eigenvalue weighted by Crippen LogP contribution is 2.21. The van der Waals surface area contributed by atoms with Crippen LogP contribution in [0.2, 0.25) is 0 Å². The molecule has 1 saturated heterocycles. The van der Waals surface area contributed by atoms with E-state index >= 15 is 0 Å². The predicted octanol–water partition coefficient (Wildman–Crippen LogP) is 3.33. The number of nitrogens with one attached hydrogen (secondary N) is 1. The number of ether oxygens (including phenoxy) is 2. The monoisotopic (exact) mass is 426 g/mol. The van der Waals surface area contributed by atoms with E-state index in [1.54, 1.807) is 32.6 Å². The normalized spacial score (nSPS) is 16.0. The quantitative estimate of drug-likeness (QED) is 0.730. The van der Waals surface area contributed by atoms with Gasteiger partial charge in [-0.15, -0.1) is 0 Å². The molecule has 166 valence electrons. The molecule has 0 bridgehead atoms. The van der Waals surface area contributed by atoms with Gasteiger partial charge in [-0.2, -0.15) is 0 Å². The molecule has 30 heavy (non-hydrogen) atoms. The van der Waals surface area contributed by atoms with E-state index in [0.29, 0.717) is 25.9 Å². The first-order chi connectivity index (χ1) is 14.0. The molecule has 0 unspecified atom stereocenters. The molecule has 0 spiro atoms. The number of halogens is 2. The van der Waals surface area contributed by atoms with E-state index in [0.717, 1.165) is 12.1 Å². The van der Waals surface area contributed by atoms with Gasteiger partial charge in [0.15, 0.2) is 6.61 Å². The van der Waals surface area contributed by atoms with Crippen molar-refractivity contribution in [2.45, 2.75) is 52.2 Å². The van der Waals surface area contributed by atoms with E-state index < -0.39 is 53.8 Å². The molecule has 1 aromatic carbocycles. The van der Waals surface area contributed by atoms with Gasteiger partial charge in [0.1, 0.15) is 17.2 Å². The Labute approximate surface area is 174 Å². The number of amides is 2. The second-order valence-electron chi connectivity index (χ2n) is 8.30. The number of benzene rings is 1. The molecular formula is C21H28F2N2O5. The maximum atomic E-state index is 13.8. The van der Waals surface area contributed by atoms with Gasteiger partial charge in [0, 0.05) is 24.7 Å². The lowest BCUT2D eigenvalue weighted by atomic mass is 9.97. The Morgan fingerprint density at radius 1 is 1.20 bits per heavy atom. The zero-order valence-electron chi connectivity index (χ0n) is 17.7. The summed E-state index contributed by atoms with van der Waals surface area (Å²) in [4.78, 5) is 37.8. The van der Waals surface area contributed by atoms with Crippen molar-refractivity contribution >= 4 is 18.0 Å². The van der Waals surface area contributed by atoms with Crippen molar-refractivity contribution in [2.75, 3.05) is 19.7 Å². The molecule has 0 radical (unpaired) electrons. The standard InChI is InChI=1S/C21H28F2N2O5/c1-13(16-6-5-15(22)11-17(16)23)24-18(26)12-29-19(27)14-7-9-25(10-8-14)20(28)30-21(2,3)4/h5-6,11,13-14H,7-10,12H2,1-4H3,(H,24,26)/t13-/m0/s1. The van der Waals surface area contributed by atoms with Gasteiger partial charge in [-0.05, 0) is 46.6 Å². The van der Waals surface area contributed by atoms with Crippen molar-refractivity contribution in [3.8, 4) is 0 Å². The van der Waals surface area contributed by atoms with Crippen LogP contribution in [-0.2, 0) is 19.1 Å². The first kappa shape index (κ1) is 23.6. The average Bonchev–Trinajstić information content (AvgIpc) is 2.64. The molecule has 2 amide bonds. The SMILES string of the molecule is C[C@H](NC(=O)COC(=O)C1CCN(C(=O)OC(C)(C)C)CC1)c1ccc(F)cc1F. The molecule has 0 saturated carbocycles. The van der Waals surface area contributed by atoms with Crippen LogP contribution in [0.4, 0.5) is 13.6 Å². The van der Waals surface area contributed by atoms with E-state index in [-0.39, 0.29) is 5.56 Å². The molecule has 2 rings (SSSR count). The first-order valence-corrected chi connectivity index (χ1v) is 9.85. The second-order valence-corrected chi connectivity index (χ2v) is 8.30. The Morgan fingerprint density at radius 2 is 1.83 bits per heavy atom. The third kappa shape index (κ3) is 6.96. The number of nitrogens with zero attached hydrogens (tertiary/aromatic N) is 1. The zero-order valence-corrected chi connectivity index (χ0v) is 17.7. The number of carbonyl (C=O) groups excluding carboxylic acids is 3. The molecular weight excluding hydrogens is 398 g/mol. The fourth-order valence-electron chi connectivity index (χ4n) is 3.09. The Balaban J connectivity index is 1.75. The Kier molecular flexibility index (Phi) is 7.75. The number of hydrogen-bond acceptors (Lipinski definition) is 5. The Bertz CT molecular complexity index is 786. The molecule has 1 N–H and O–H groups in total. The summed E-state index contributed by atoms with van der Waals surface area (Å²) in [6, 6.07) is 2.38. The molecule has 7 nitrogen and oxygen atoms in total. The summed E-state index contributed by atoms with van der Waals surface area (Å²) in [5, 5.41) is 2.51. The predicted molar refractivity (Wildman–Crippen MR) is 104 cm³/mol. The van der Waals surface area contributed by atoms with E-state index in [1.165, 1.54) is 6.07 Å². The molecule has 0 aliphatic carbocycles. The van der Waals surface area contributed by atoms with E-state index in [2.05, 4.69) is 5.32 Å². The van der Waals surface area contributed by atoms with Crippen LogP contribution in [0.25, 0.3) is 0 Å². The number of likely N-dealkylation sites (tertiary alicyclic amines) is 1. The number of rotatable bonds is 5. The molecule has 1 fully saturated rings. The van der Waals surface area contributed by atoms with Crippen molar-refractivity contribution in [1.29, 1.82) is 0 Å². The van der Waals surface area contributed by atoms with Gasteiger partial charge >= 0.3 is 12.1 Å². The van der Waals surface area contributed by atoms with Gasteiger partial charge < -0.3 is 19.7 Å². The van der Waals surface area contributed by atoms with Crippen LogP contribution in [0.3, 0.4) is 0 Å². The zero-order chi connectivity index (χ0) is 22.5. The highest BCUT2D eigenvalue weighted by atomic mass is 19.1. The molecule has 1 heterocycles. The largest absolute Gasteiger partial charge is 0.455 e. The lowest BCUT2D eigenvalue weighted by molar-refractivity contribution is -0.154. The van der Waals surface area contributed by atoms with E-state index in [4.69, 9.17) is 9.47 Å². The number of esters is 1.